The third-order valence-corrected chi connectivity index (χ3v) is 5.15. The molecular weight excluding hydrogens is 452 g/mol. The molecule has 0 aliphatic heterocycles. The van der Waals surface area contributed by atoms with Crippen molar-refractivity contribution in [3.8, 4) is 5.75 Å². The summed E-state index contributed by atoms with van der Waals surface area (Å²) in [6.07, 6.45) is -3.55. The number of alkyl halides is 3. The molecule has 0 bridgehead atoms. The fourth-order valence-electron chi connectivity index (χ4n) is 1.87. The highest BCUT2D eigenvalue weighted by Crippen LogP contribution is 2.28. The maximum Gasteiger partial charge on any atom is 0.573 e. The van der Waals surface area contributed by atoms with E-state index in [1.165, 1.54) is 12.3 Å². The third kappa shape index (κ3) is 5.83. The first-order valence-electron chi connectivity index (χ1n) is 7.56. The minimum Gasteiger partial charge on any atom is -0.403 e. The molecule has 1 heterocycles. The van der Waals surface area contributed by atoms with E-state index in [4.69, 9.17) is 0 Å². The second-order valence-electron chi connectivity index (χ2n) is 6.33. The first kappa shape index (κ1) is 21.5. The van der Waals surface area contributed by atoms with Gasteiger partial charge in [-0.05, 0) is 67.0 Å². The number of aromatic nitrogens is 1. The monoisotopic (exact) mass is 466 g/mol. The van der Waals surface area contributed by atoms with Crippen molar-refractivity contribution in [1.82, 2.24) is 4.98 Å². The summed E-state index contributed by atoms with van der Waals surface area (Å²) in [5.74, 6) is -2.20. The van der Waals surface area contributed by atoms with E-state index in [0.717, 1.165) is 12.1 Å². The third-order valence-electron chi connectivity index (χ3n) is 3.11. The number of pyridine rings is 1. The van der Waals surface area contributed by atoms with Crippen LogP contribution in [0.3, 0.4) is 0 Å². The Balaban J connectivity index is 2.58. The quantitative estimate of drug-likeness (QED) is 0.460. The van der Waals surface area contributed by atoms with Gasteiger partial charge in [0.25, 0.3) is 0 Å². The van der Waals surface area contributed by atoms with E-state index >= 15 is 0 Å². The van der Waals surface area contributed by atoms with E-state index in [1.807, 2.05) is 0 Å². The Morgan fingerprint density at radius 3 is 2.41 bits per heavy atom. The predicted octanol–water partition coefficient (Wildman–Crippen LogP) is 5.18. The van der Waals surface area contributed by atoms with Crippen LogP contribution in [0, 0.1) is 5.82 Å². The van der Waals surface area contributed by atoms with Gasteiger partial charge < -0.3 is 4.74 Å². The van der Waals surface area contributed by atoms with Crippen LogP contribution in [-0.4, -0.2) is 26.0 Å². The number of halogens is 5. The van der Waals surface area contributed by atoms with E-state index < -0.39 is 33.7 Å². The molecule has 0 N–H and O–H groups in total. The molecule has 0 radical (unpaired) electrons. The van der Waals surface area contributed by atoms with E-state index in [2.05, 4.69) is 30.0 Å². The number of ether oxygens (including phenoxy) is 1. The molecule has 0 fully saturated rings. The van der Waals surface area contributed by atoms with Gasteiger partial charge in [-0.15, -0.1) is 13.2 Å². The minimum absolute atomic E-state index is 0.0770. The van der Waals surface area contributed by atoms with Crippen LogP contribution in [-0.2, 0) is 11.0 Å². The van der Waals surface area contributed by atoms with Crippen molar-refractivity contribution in [3.63, 3.8) is 0 Å². The first-order valence-corrected chi connectivity index (χ1v) is 9.46. The molecule has 2 aromatic rings. The molecule has 1 aromatic heterocycles. The van der Waals surface area contributed by atoms with E-state index in [-0.39, 0.29) is 17.0 Å². The standard InChI is InChI=1S/C17H15BrF4N2O2S/c1-16(2,3)27(25)24-14(15-11(18)5-4-8-23-15)10-6-7-13(12(19)9-10)26-17(20,21)22/h4-9H,1-3H3. The summed E-state index contributed by atoms with van der Waals surface area (Å²) in [6, 6.07) is 6.18. The molecule has 0 aliphatic carbocycles. The second kappa shape index (κ2) is 8.05. The number of hydrogen-bond acceptors (Lipinski definition) is 3. The van der Waals surface area contributed by atoms with Crippen molar-refractivity contribution in [1.29, 1.82) is 0 Å². The Labute approximate surface area is 164 Å². The molecule has 10 heteroatoms. The smallest absolute Gasteiger partial charge is 0.403 e. The van der Waals surface area contributed by atoms with Crippen LogP contribution in [0.4, 0.5) is 17.6 Å². The molecule has 2 rings (SSSR count). The lowest BCUT2D eigenvalue weighted by Gasteiger charge is -2.16. The molecule has 4 nitrogen and oxygen atoms in total. The largest absolute Gasteiger partial charge is 0.573 e. The van der Waals surface area contributed by atoms with Gasteiger partial charge in [0.05, 0.1) is 4.75 Å². The van der Waals surface area contributed by atoms with Crippen molar-refractivity contribution in [2.24, 2.45) is 4.40 Å². The second-order valence-corrected chi connectivity index (χ2v) is 9.09. The van der Waals surface area contributed by atoms with Gasteiger partial charge in [0.2, 0.25) is 0 Å². The molecule has 0 spiro atoms. The number of benzene rings is 1. The van der Waals surface area contributed by atoms with Crippen molar-refractivity contribution in [3.05, 3.63) is 58.1 Å². The van der Waals surface area contributed by atoms with Crippen molar-refractivity contribution < 1.29 is 26.5 Å². The van der Waals surface area contributed by atoms with Crippen LogP contribution in [0.5, 0.6) is 5.75 Å². The average molecular weight is 467 g/mol. The molecule has 0 saturated carbocycles. The number of rotatable bonds is 4. The summed E-state index contributed by atoms with van der Waals surface area (Å²) in [5, 5.41) is 0. The summed E-state index contributed by atoms with van der Waals surface area (Å²) < 4.78 is 71.2. The van der Waals surface area contributed by atoms with Crippen molar-refractivity contribution in [2.75, 3.05) is 0 Å². The highest BCUT2D eigenvalue weighted by atomic mass is 79.9. The average Bonchev–Trinajstić information content (AvgIpc) is 2.53. The van der Waals surface area contributed by atoms with Crippen molar-refractivity contribution >= 4 is 32.6 Å². The molecular formula is C17H15BrF4N2O2S. The molecule has 1 unspecified atom stereocenters. The van der Waals surface area contributed by atoms with Crippen LogP contribution in [0.1, 0.15) is 32.0 Å². The molecule has 27 heavy (non-hydrogen) atoms. The van der Waals surface area contributed by atoms with E-state index in [0.29, 0.717) is 4.47 Å². The normalized spacial score (nSPS) is 14.1. The van der Waals surface area contributed by atoms with Gasteiger partial charge in [-0.25, -0.2) is 8.60 Å². The number of hydrogen-bond donors (Lipinski definition) is 0. The lowest BCUT2D eigenvalue weighted by atomic mass is 10.1. The van der Waals surface area contributed by atoms with Gasteiger partial charge >= 0.3 is 6.36 Å². The van der Waals surface area contributed by atoms with Crippen LogP contribution < -0.4 is 4.74 Å². The maximum atomic E-state index is 14.1. The SMILES string of the molecule is CC(C)(C)S(=O)N=C(c1ccc(OC(F)(F)F)c(F)c1)c1ncccc1Br. The van der Waals surface area contributed by atoms with Gasteiger partial charge in [0.1, 0.15) is 22.4 Å². The zero-order chi connectivity index (χ0) is 20.4. The lowest BCUT2D eigenvalue weighted by Crippen LogP contribution is -2.22. The summed E-state index contributed by atoms with van der Waals surface area (Å²) in [6.45, 7) is 5.12. The Kier molecular flexibility index (Phi) is 6.41. The topological polar surface area (TPSA) is 51.5 Å². The Morgan fingerprint density at radius 2 is 1.89 bits per heavy atom. The van der Waals surface area contributed by atoms with Crippen LogP contribution in [0.15, 0.2) is 45.4 Å². The highest BCUT2D eigenvalue weighted by molar-refractivity contribution is 9.10. The molecule has 0 aliphatic rings. The minimum atomic E-state index is -5.02. The summed E-state index contributed by atoms with van der Waals surface area (Å²) in [4.78, 5) is 4.16. The van der Waals surface area contributed by atoms with Crippen LogP contribution >= 0.6 is 15.9 Å². The Hall–Kier alpha value is -1.81. The molecule has 1 aromatic carbocycles. The number of nitrogens with zero attached hydrogens (tertiary/aromatic N) is 2. The Morgan fingerprint density at radius 1 is 1.22 bits per heavy atom. The van der Waals surface area contributed by atoms with Gasteiger partial charge in [-0.1, -0.05) is 0 Å². The summed E-state index contributed by atoms with van der Waals surface area (Å²) in [5.41, 5.74) is 0.464. The lowest BCUT2D eigenvalue weighted by molar-refractivity contribution is -0.275. The summed E-state index contributed by atoms with van der Waals surface area (Å²) in [7, 11) is -1.71. The zero-order valence-corrected chi connectivity index (χ0v) is 16.9. The molecule has 0 saturated heterocycles. The molecule has 0 amide bonds. The van der Waals surface area contributed by atoms with Gasteiger partial charge in [0.15, 0.2) is 11.6 Å². The maximum absolute atomic E-state index is 14.1. The van der Waals surface area contributed by atoms with Crippen LogP contribution in [0.25, 0.3) is 0 Å². The fourth-order valence-corrected chi connectivity index (χ4v) is 2.94. The zero-order valence-electron chi connectivity index (χ0n) is 14.5. The Bertz CT molecular complexity index is 895. The van der Waals surface area contributed by atoms with E-state index in [1.54, 1.807) is 32.9 Å². The van der Waals surface area contributed by atoms with Gasteiger partial charge in [0, 0.05) is 16.2 Å². The molecule has 1 atom stereocenters. The first-order chi connectivity index (χ1) is 12.4. The van der Waals surface area contributed by atoms with Gasteiger partial charge in [-0.3, -0.25) is 4.98 Å². The predicted molar refractivity (Wildman–Crippen MR) is 98.6 cm³/mol. The summed E-state index contributed by atoms with van der Waals surface area (Å²) >= 11 is 3.30. The van der Waals surface area contributed by atoms with Gasteiger partial charge in [-0.2, -0.15) is 4.40 Å². The molecule has 146 valence electrons. The van der Waals surface area contributed by atoms with Crippen molar-refractivity contribution in [2.45, 2.75) is 31.9 Å². The van der Waals surface area contributed by atoms with E-state index in [9.17, 15) is 21.8 Å². The van der Waals surface area contributed by atoms with Crippen LogP contribution in [0.2, 0.25) is 0 Å². The fraction of sp³-hybridized carbons (Fsp3) is 0.294. The highest BCUT2D eigenvalue weighted by Gasteiger charge is 2.32.